The summed E-state index contributed by atoms with van der Waals surface area (Å²) in [7, 11) is 0. The Morgan fingerprint density at radius 1 is 0.706 bits per heavy atom. The number of para-hydroxylation sites is 3. The first-order chi connectivity index (χ1) is 16.4. The minimum atomic E-state index is 0. The molecule has 1 radical (unpaired) electrons. The van der Waals surface area contributed by atoms with Gasteiger partial charge >= 0.3 is 0 Å². The molecule has 1 N–H and O–H groups in total. The molecule has 6 nitrogen and oxygen atoms in total. The molecule has 5 rings (SSSR count). The molecule has 0 spiro atoms. The van der Waals surface area contributed by atoms with Crippen LogP contribution in [-0.4, -0.2) is 25.8 Å². The van der Waals surface area contributed by atoms with Gasteiger partial charge in [0, 0.05) is 44.9 Å². The Labute approximate surface area is 213 Å². The summed E-state index contributed by atoms with van der Waals surface area (Å²) in [4.78, 5) is 0. The van der Waals surface area contributed by atoms with Crippen LogP contribution in [0.3, 0.4) is 0 Å². The van der Waals surface area contributed by atoms with Crippen molar-refractivity contribution in [2.45, 2.75) is 0 Å². The van der Waals surface area contributed by atoms with Crippen molar-refractivity contribution in [3.05, 3.63) is 146 Å². The molecule has 0 bridgehead atoms. The predicted molar refractivity (Wildman–Crippen MR) is 132 cm³/mol. The van der Waals surface area contributed by atoms with E-state index in [-0.39, 0.29) is 20.1 Å². The van der Waals surface area contributed by atoms with Crippen LogP contribution in [0.2, 0.25) is 0 Å². The molecule has 5 aromatic rings. The Morgan fingerprint density at radius 2 is 1.24 bits per heavy atom. The van der Waals surface area contributed by atoms with Gasteiger partial charge in [0.2, 0.25) is 0 Å². The van der Waals surface area contributed by atoms with Gasteiger partial charge in [0.05, 0.1) is 0 Å². The number of benzene rings is 3. The number of aromatic nitrogens is 4. The van der Waals surface area contributed by atoms with Gasteiger partial charge in [0.15, 0.2) is 0 Å². The van der Waals surface area contributed by atoms with Gasteiger partial charge in [-0.3, -0.25) is 9.36 Å². The minimum Gasteiger partial charge on any atom is -0.811 e. The van der Waals surface area contributed by atoms with Crippen LogP contribution in [-0.2, 0) is 20.1 Å². The van der Waals surface area contributed by atoms with Gasteiger partial charge in [0.1, 0.15) is 0 Å². The zero-order valence-corrected chi connectivity index (χ0v) is 20.6. The van der Waals surface area contributed by atoms with Gasteiger partial charge in [-0.2, -0.15) is 89.2 Å². The molecule has 173 valence electrons. The molecule has 0 atom stereocenters. The summed E-state index contributed by atoms with van der Waals surface area (Å²) < 4.78 is 3.56. The number of hydrogen-bond acceptors (Lipinski definition) is 3. The first-order valence-corrected chi connectivity index (χ1v) is 10.2. The fourth-order valence-corrected chi connectivity index (χ4v) is 2.54. The maximum absolute atomic E-state index is 8.28. The first kappa shape index (κ1) is 26.2. The smallest absolute Gasteiger partial charge is 0.0493 e. The summed E-state index contributed by atoms with van der Waals surface area (Å²) in [5.41, 5.74) is 2.82. The number of anilines is 1. The van der Waals surface area contributed by atoms with Crippen LogP contribution in [0.25, 0.3) is 16.8 Å². The van der Waals surface area contributed by atoms with E-state index in [2.05, 4.69) is 33.7 Å². The topological polar surface area (TPSA) is 70.0 Å². The number of rotatable bonds is 5. The summed E-state index contributed by atoms with van der Waals surface area (Å²) in [6.45, 7) is 0. The van der Waals surface area contributed by atoms with Gasteiger partial charge < -0.3 is 10.7 Å². The monoisotopic (exact) mass is 623 g/mol. The largest absolute Gasteiger partial charge is 0.811 e. The zero-order chi connectivity index (χ0) is 23.0. The van der Waals surface area contributed by atoms with E-state index in [0.717, 1.165) is 23.3 Å². The van der Waals surface area contributed by atoms with Crippen LogP contribution in [0, 0.1) is 18.2 Å². The molecule has 34 heavy (non-hydrogen) atoms. The molecule has 0 aliphatic heterocycles. The number of nitrogens with one attached hydrogen (secondary N) is 1. The zero-order valence-electron chi connectivity index (χ0n) is 18.2. The van der Waals surface area contributed by atoms with Crippen molar-refractivity contribution in [1.29, 1.82) is 0 Å². The maximum Gasteiger partial charge on any atom is 0.0493 e. The predicted octanol–water partition coefficient (Wildman–Crippen LogP) is 5.40. The average molecular weight is 623 g/mol. The minimum absolute atomic E-state index is 0. The van der Waals surface area contributed by atoms with Crippen molar-refractivity contribution >= 4 is 11.9 Å². The van der Waals surface area contributed by atoms with E-state index in [1.165, 1.54) is 6.08 Å². The van der Waals surface area contributed by atoms with Crippen molar-refractivity contribution in [2.75, 3.05) is 5.32 Å². The third-order valence-corrected chi connectivity index (χ3v) is 4.02. The van der Waals surface area contributed by atoms with Crippen LogP contribution in [0.1, 0.15) is 0 Å². The van der Waals surface area contributed by atoms with Crippen LogP contribution in [0.4, 0.5) is 5.69 Å². The van der Waals surface area contributed by atoms with Gasteiger partial charge in [0.25, 0.3) is 0 Å². The molecule has 2 heterocycles. The second kappa shape index (κ2) is 15.7. The summed E-state index contributed by atoms with van der Waals surface area (Å²) in [6, 6.07) is 35.9. The Bertz CT molecular complexity index is 1100. The maximum atomic E-state index is 8.28. The average Bonchev–Trinajstić information content (AvgIpc) is 3.62. The van der Waals surface area contributed by atoms with Crippen molar-refractivity contribution in [1.82, 2.24) is 19.6 Å². The normalized spacial score (nSPS) is 9.53. The number of allylic oxidation sites excluding steroid dienone is 1. The van der Waals surface area contributed by atoms with E-state index in [0.29, 0.717) is 0 Å². The summed E-state index contributed by atoms with van der Waals surface area (Å²) >= 11 is 0. The quantitative estimate of drug-likeness (QED) is 0.211. The van der Waals surface area contributed by atoms with Gasteiger partial charge in [-0.1, -0.05) is 11.8 Å². The standard InChI is InChI=1S/2C9H7N2.C9H8N2.Ir/c2*1-2-5-9(6-3-1)11-8-4-7-10-11;10-7-4-8-11-9-5-2-1-3-6-9;/h2*1-5,7-8H;1-5,7-8,11H;/q2*-1;-2;/b;;8-4-;. The molecule has 0 saturated carbocycles. The van der Waals surface area contributed by atoms with E-state index >= 15 is 0 Å². The SMILES string of the molecule is [Ir].[N-]=C/C=C\Nc1[c-]cccc1.[c-]1ccccc1-n1cccn1.[c-]1ccccc1-n1cccn1. The first-order valence-electron chi connectivity index (χ1n) is 10.2. The Kier molecular flexibility index (Phi) is 12.1. The molecule has 0 aliphatic carbocycles. The van der Waals surface area contributed by atoms with Gasteiger partial charge in [-0.25, -0.2) is 0 Å². The van der Waals surface area contributed by atoms with Crippen LogP contribution >= 0.6 is 0 Å². The molecule has 0 unspecified atom stereocenters. The molecule has 0 aliphatic rings. The van der Waals surface area contributed by atoms with Gasteiger partial charge in [-0.05, 0) is 29.7 Å². The second-order valence-electron chi connectivity index (χ2n) is 6.33. The Hall–Kier alpha value is -4.06. The number of hydrogen-bond donors (Lipinski definition) is 1. The fourth-order valence-electron chi connectivity index (χ4n) is 2.54. The Morgan fingerprint density at radius 3 is 1.62 bits per heavy atom. The van der Waals surface area contributed by atoms with Crippen molar-refractivity contribution < 1.29 is 20.1 Å². The van der Waals surface area contributed by atoms with Crippen LogP contribution < -0.4 is 5.32 Å². The molecule has 3 aromatic carbocycles. The Balaban J connectivity index is 0.000000178. The van der Waals surface area contributed by atoms with Crippen molar-refractivity contribution in [3.8, 4) is 11.4 Å². The molecule has 0 amide bonds. The van der Waals surface area contributed by atoms with Crippen LogP contribution in [0.5, 0.6) is 0 Å². The number of nitrogens with zero attached hydrogens (tertiary/aromatic N) is 5. The van der Waals surface area contributed by atoms with E-state index < -0.39 is 0 Å². The summed E-state index contributed by atoms with van der Waals surface area (Å²) in [5.74, 6) is 0. The molecule has 0 saturated heterocycles. The molecule has 2 aromatic heterocycles. The third kappa shape index (κ3) is 9.20. The van der Waals surface area contributed by atoms with Crippen molar-refractivity contribution in [2.24, 2.45) is 0 Å². The third-order valence-electron chi connectivity index (χ3n) is 4.02. The summed E-state index contributed by atoms with van der Waals surface area (Å²) in [5, 5.41) is 19.3. The van der Waals surface area contributed by atoms with E-state index in [4.69, 9.17) is 5.41 Å². The van der Waals surface area contributed by atoms with Gasteiger partial charge in [-0.15, -0.1) is 18.2 Å². The second-order valence-corrected chi connectivity index (χ2v) is 6.33. The van der Waals surface area contributed by atoms with E-state index in [1.54, 1.807) is 28.0 Å². The molecular formula is C27H22IrN6-4. The molecule has 7 heteroatoms. The van der Waals surface area contributed by atoms with Crippen molar-refractivity contribution in [3.63, 3.8) is 0 Å². The van der Waals surface area contributed by atoms with E-state index in [9.17, 15) is 0 Å². The molecular weight excluding hydrogens is 601 g/mol. The van der Waals surface area contributed by atoms with E-state index in [1.807, 2.05) is 97.3 Å². The fraction of sp³-hybridized carbons (Fsp3) is 0. The van der Waals surface area contributed by atoms with Crippen LogP contribution in [0.15, 0.2) is 122 Å². The summed E-state index contributed by atoms with van der Waals surface area (Å²) in [6.07, 6.45) is 11.4. The molecule has 0 fully saturated rings.